The van der Waals surface area contributed by atoms with Gasteiger partial charge in [0.2, 0.25) is 0 Å². The quantitative estimate of drug-likeness (QED) is 0.203. The van der Waals surface area contributed by atoms with Gasteiger partial charge in [0.05, 0.1) is 0 Å². The van der Waals surface area contributed by atoms with E-state index in [1.807, 2.05) is 0 Å². The third-order valence-corrected chi connectivity index (χ3v) is 2.59. The van der Waals surface area contributed by atoms with Crippen LogP contribution in [0.3, 0.4) is 0 Å². The smallest absolute Gasteiger partial charge is 0.441 e. The largest absolute Gasteiger partial charge is 0.453 e. The second kappa shape index (κ2) is 7.84. The lowest BCUT2D eigenvalue weighted by Gasteiger charge is -2.09. The number of ether oxygens (including phenoxy) is 1. The number of carbonyl (C=O) groups is 2. The number of hydrogen-bond acceptors (Lipinski definition) is 4. The Kier molecular flexibility index (Phi) is 6.13. The van der Waals surface area contributed by atoms with E-state index in [-0.39, 0.29) is 13.0 Å². The van der Waals surface area contributed by atoms with Crippen LogP contribution in [0.5, 0.6) is 0 Å². The minimum atomic E-state index is -1.06. The van der Waals surface area contributed by atoms with E-state index >= 15 is 0 Å². The zero-order valence-electron chi connectivity index (χ0n) is 11.2. The fourth-order valence-electron chi connectivity index (χ4n) is 1.54. The van der Waals surface area contributed by atoms with Crippen molar-refractivity contribution in [1.82, 2.24) is 0 Å². The van der Waals surface area contributed by atoms with Gasteiger partial charge < -0.3 is 16.0 Å². The average Bonchev–Trinajstić information content (AvgIpc) is 2.46. The molecule has 1 aromatic carbocycles. The SMILES string of the molecule is C=CCOC(=O)C(=[N+]=[N-])C(=O)C[C@@H](N)c1ccc(F)cc1. The molecule has 7 heteroatoms. The number of nitrogens with zero attached hydrogens (tertiary/aromatic N) is 2. The summed E-state index contributed by atoms with van der Waals surface area (Å²) >= 11 is 0. The van der Waals surface area contributed by atoms with Crippen molar-refractivity contribution in [2.24, 2.45) is 5.73 Å². The third-order valence-electron chi connectivity index (χ3n) is 2.59. The van der Waals surface area contributed by atoms with Crippen LogP contribution in [0.4, 0.5) is 4.39 Å². The number of Topliss-reactive ketones (excluding diaryl/α,β-unsaturated/α-hetero) is 1. The van der Waals surface area contributed by atoms with Crippen molar-refractivity contribution >= 4 is 17.5 Å². The molecule has 1 rings (SSSR count). The van der Waals surface area contributed by atoms with Crippen molar-refractivity contribution in [3.05, 3.63) is 53.8 Å². The summed E-state index contributed by atoms with van der Waals surface area (Å²) in [5.74, 6) is -2.26. The zero-order valence-corrected chi connectivity index (χ0v) is 11.2. The second-order valence-electron chi connectivity index (χ2n) is 4.12. The van der Waals surface area contributed by atoms with Gasteiger partial charge in [-0.05, 0) is 17.7 Å². The van der Waals surface area contributed by atoms with E-state index in [9.17, 15) is 14.0 Å². The van der Waals surface area contributed by atoms with Crippen LogP contribution in [0.1, 0.15) is 18.0 Å². The molecule has 21 heavy (non-hydrogen) atoms. The maximum atomic E-state index is 12.8. The molecule has 0 aliphatic carbocycles. The van der Waals surface area contributed by atoms with Crippen molar-refractivity contribution in [2.45, 2.75) is 12.5 Å². The average molecular weight is 291 g/mol. The molecule has 0 spiro atoms. The molecule has 0 heterocycles. The van der Waals surface area contributed by atoms with Gasteiger partial charge in [-0.2, -0.15) is 4.79 Å². The Morgan fingerprint density at radius 1 is 1.43 bits per heavy atom. The predicted octanol–water partition coefficient (Wildman–Crippen LogP) is 1.18. The maximum Gasteiger partial charge on any atom is 0.441 e. The van der Waals surface area contributed by atoms with Crippen LogP contribution in [-0.2, 0) is 14.3 Å². The number of rotatable bonds is 7. The van der Waals surface area contributed by atoms with Gasteiger partial charge in [0, 0.05) is 12.5 Å². The maximum absolute atomic E-state index is 12.8. The molecule has 1 atom stereocenters. The normalized spacial score (nSPS) is 11.1. The summed E-state index contributed by atoms with van der Waals surface area (Å²) in [4.78, 5) is 26.0. The highest BCUT2D eigenvalue weighted by molar-refractivity contribution is 6.62. The molecule has 1 aromatic rings. The second-order valence-corrected chi connectivity index (χ2v) is 4.12. The highest BCUT2D eigenvalue weighted by atomic mass is 19.1. The number of nitrogens with two attached hydrogens (primary N) is 1. The van der Waals surface area contributed by atoms with E-state index in [0.29, 0.717) is 5.56 Å². The van der Waals surface area contributed by atoms with E-state index in [4.69, 9.17) is 11.3 Å². The molecule has 0 saturated heterocycles. The highest BCUT2D eigenvalue weighted by Crippen LogP contribution is 2.15. The predicted molar refractivity (Wildman–Crippen MR) is 72.7 cm³/mol. The molecule has 0 aliphatic heterocycles. The Bertz CT molecular complexity index is 592. The summed E-state index contributed by atoms with van der Waals surface area (Å²) < 4.78 is 17.4. The van der Waals surface area contributed by atoms with Gasteiger partial charge in [-0.25, -0.2) is 9.18 Å². The Morgan fingerprint density at radius 3 is 2.57 bits per heavy atom. The topological polar surface area (TPSA) is 106 Å². The number of hydrogen-bond donors (Lipinski definition) is 1. The lowest BCUT2D eigenvalue weighted by molar-refractivity contribution is -0.141. The van der Waals surface area contributed by atoms with Crippen LogP contribution in [-0.4, -0.2) is 28.9 Å². The van der Waals surface area contributed by atoms with E-state index in [2.05, 4.69) is 16.1 Å². The van der Waals surface area contributed by atoms with Crippen molar-refractivity contribution in [1.29, 1.82) is 0 Å². The van der Waals surface area contributed by atoms with Gasteiger partial charge in [-0.15, -0.1) is 0 Å². The summed E-state index contributed by atoms with van der Waals surface area (Å²) in [6.45, 7) is 3.23. The molecule has 0 unspecified atom stereocenters. The minimum absolute atomic E-state index is 0.116. The van der Waals surface area contributed by atoms with Gasteiger partial charge >= 0.3 is 11.7 Å². The molecule has 0 bridgehead atoms. The number of benzene rings is 1. The van der Waals surface area contributed by atoms with Crippen molar-refractivity contribution < 1.29 is 23.5 Å². The standard InChI is InChI=1S/C14H14FN3O3/c1-2-7-21-14(20)13(18-17)12(19)8-11(16)9-3-5-10(15)6-4-9/h2-6,11H,1,7-8,16H2/t11-/m1/s1. The molecule has 0 amide bonds. The fourth-order valence-corrected chi connectivity index (χ4v) is 1.54. The Morgan fingerprint density at radius 2 is 2.05 bits per heavy atom. The van der Waals surface area contributed by atoms with Crippen LogP contribution >= 0.6 is 0 Å². The van der Waals surface area contributed by atoms with Crippen LogP contribution < -0.4 is 5.73 Å². The molecule has 2 N–H and O–H groups in total. The first-order chi connectivity index (χ1) is 9.99. The third kappa shape index (κ3) is 4.76. The van der Waals surface area contributed by atoms with E-state index < -0.39 is 29.3 Å². The summed E-state index contributed by atoms with van der Waals surface area (Å²) in [5, 5.41) is 0. The van der Waals surface area contributed by atoms with Gasteiger partial charge in [0.15, 0.2) is 0 Å². The van der Waals surface area contributed by atoms with Gasteiger partial charge in [-0.1, -0.05) is 24.8 Å². The number of ketones is 1. The minimum Gasteiger partial charge on any atom is -0.453 e. The lowest BCUT2D eigenvalue weighted by atomic mass is 10.0. The van der Waals surface area contributed by atoms with Gasteiger partial charge in [0.25, 0.3) is 5.78 Å². The molecule has 0 saturated carbocycles. The summed E-state index contributed by atoms with van der Waals surface area (Å²) in [5.41, 5.74) is 14.3. The Labute approximate surface area is 120 Å². The first-order valence-corrected chi connectivity index (χ1v) is 6.04. The number of esters is 1. The molecule has 6 nitrogen and oxygen atoms in total. The first kappa shape index (κ1) is 16.4. The van der Waals surface area contributed by atoms with E-state index in [0.717, 1.165) is 0 Å². The Hall–Kier alpha value is -2.63. The summed E-state index contributed by atoms with van der Waals surface area (Å²) in [6, 6.07) is 4.51. The number of carbonyl (C=O) groups excluding carboxylic acids is 2. The number of halogens is 1. The molecule has 0 aromatic heterocycles. The lowest BCUT2D eigenvalue weighted by Crippen LogP contribution is -2.30. The zero-order chi connectivity index (χ0) is 15.8. The van der Waals surface area contributed by atoms with Crippen molar-refractivity contribution in [2.75, 3.05) is 6.61 Å². The highest BCUT2D eigenvalue weighted by Gasteiger charge is 2.32. The molecule has 110 valence electrons. The van der Waals surface area contributed by atoms with E-state index in [1.54, 1.807) is 0 Å². The van der Waals surface area contributed by atoms with Crippen LogP contribution in [0, 0.1) is 5.82 Å². The Balaban J connectivity index is 2.74. The molecule has 0 aliphatic rings. The van der Waals surface area contributed by atoms with Crippen LogP contribution in [0.15, 0.2) is 36.9 Å². The summed E-state index contributed by atoms with van der Waals surface area (Å²) in [7, 11) is 0. The molecule has 0 fully saturated rings. The molecular formula is C14H14FN3O3. The van der Waals surface area contributed by atoms with E-state index in [1.165, 1.54) is 30.3 Å². The van der Waals surface area contributed by atoms with Crippen LogP contribution in [0.25, 0.3) is 5.53 Å². The van der Waals surface area contributed by atoms with Gasteiger partial charge in [0.1, 0.15) is 12.4 Å². The molecular weight excluding hydrogens is 277 g/mol. The monoisotopic (exact) mass is 291 g/mol. The first-order valence-electron chi connectivity index (χ1n) is 6.04. The van der Waals surface area contributed by atoms with Crippen molar-refractivity contribution in [3.63, 3.8) is 0 Å². The van der Waals surface area contributed by atoms with Gasteiger partial charge in [-0.3, -0.25) is 4.79 Å². The van der Waals surface area contributed by atoms with Crippen LogP contribution in [0.2, 0.25) is 0 Å². The fraction of sp³-hybridized carbons (Fsp3) is 0.214. The van der Waals surface area contributed by atoms with Crippen molar-refractivity contribution in [3.8, 4) is 0 Å². The summed E-state index contributed by atoms with van der Waals surface area (Å²) in [6.07, 6.45) is 1.02. The molecule has 0 radical (unpaired) electrons.